The van der Waals surface area contributed by atoms with Gasteiger partial charge in [-0.25, -0.2) is 12.8 Å². The molecule has 1 amide bonds. The average molecular weight is 378 g/mol. The quantitative estimate of drug-likeness (QED) is 0.741. The third kappa shape index (κ3) is 3.94. The van der Waals surface area contributed by atoms with E-state index >= 15 is 0 Å². The van der Waals surface area contributed by atoms with E-state index in [1.807, 2.05) is 25.1 Å². The van der Waals surface area contributed by atoms with Crippen LogP contribution in [-0.4, -0.2) is 38.3 Å². The Bertz CT molecular complexity index is 866. The maximum Gasteiger partial charge on any atom is 0.258 e. The van der Waals surface area contributed by atoms with Gasteiger partial charge >= 0.3 is 0 Å². The van der Waals surface area contributed by atoms with Crippen LogP contribution in [0.15, 0.2) is 53.4 Å². The van der Waals surface area contributed by atoms with Crippen LogP contribution in [0, 0.1) is 5.82 Å². The van der Waals surface area contributed by atoms with Crippen LogP contribution in [0.3, 0.4) is 0 Å². The zero-order valence-corrected chi connectivity index (χ0v) is 16.0. The van der Waals surface area contributed by atoms with Gasteiger partial charge in [0.2, 0.25) is 10.0 Å². The number of rotatable bonds is 7. The molecule has 0 spiro atoms. The zero-order chi connectivity index (χ0) is 19.3. The number of carbonyl (C=O) groups is 1. The highest BCUT2D eigenvalue weighted by Gasteiger charge is 2.27. The second-order valence-electron chi connectivity index (χ2n) is 5.62. The lowest BCUT2D eigenvalue weighted by Gasteiger charge is -2.22. The molecule has 0 unspecified atom stereocenters. The van der Waals surface area contributed by atoms with Crippen molar-refractivity contribution in [3.8, 4) is 0 Å². The Morgan fingerprint density at radius 1 is 0.962 bits per heavy atom. The summed E-state index contributed by atoms with van der Waals surface area (Å²) in [6, 6.07) is 12.5. The van der Waals surface area contributed by atoms with Crippen molar-refractivity contribution in [3.05, 3.63) is 59.9 Å². The molecule has 0 bridgehead atoms. The van der Waals surface area contributed by atoms with Crippen LogP contribution in [0.1, 0.15) is 31.1 Å². The number of benzene rings is 2. The Morgan fingerprint density at radius 2 is 1.58 bits per heavy atom. The van der Waals surface area contributed by atoms with Crippen LogP contribution in [-0.2, 0) is 10.0 Å². The van der Waals surface area contributed by atoms with Gasteiger partial charge in [0, 0.05) is 30.9 Å². The fourth-order valence-corrected chi connectivity index (χ4v) is 4.29. The van der Waals surface area contributed by atoms with Crippen LogP contribution in [0.25, 0.3) is 0 Å². The van der Waals surface area contributed by atoms with Crippen molar-refractivity contribution in [2.24, 2.45) is 0 Å². The Morgan fingerprint density at radius 3 is 2.12 bits per heavy atom. The van der Waals surface area contributed by atoms with E-state index in [0.717, 1.165) is 16.4 Å². The summed E-state index contributed by atoms with van der Waals surface area (Å²) < 4.78 is 40.7. The van der Waals surface area contributed by atoms with Gasteiger partial charge in [-0.2, -0.15) is 4.31 Å². The van der Waals surface area contributed by atoms with E-state index in [1.54, 1.807) is 26.0 Å². The SMILES string of the molecule is CCN(C(=O)c1ccc(F)c(S(=O)(=O)N(CC)CC)c1)c1ccccc1. The van der Waals surface area contributed by atoms with Crippen LogP contribution in [0.2, 0.25) is 0 Å². The summed E-state index contributed by atoms with van der Waals surface area (Å²) >= 11 is 0. The Labute approximate surface area is 154 Å². The number of nitrogens with zero attached hydrogens (tertiary/aromatic N) is 2. The first kappa shape index (κ1) is 20.1. The molecule has 0 saturated carbocycles. The molecule has 0 saturated heterocycles. The lowest BCUT2D eigenvalue weighted by atomic mass is 10.1. The molecule has 0 aliphatic rings. The minimum atomic E-state index is -4.00. The molecule has 5 nitrogen and oxygen atoms in total. The zero-order valence-electron chi connectivity index (χ0n) is 15.1. The fourth-order valence-electron chi connectivity index (χ4n) is 2.74. The highest BCUT2D eigenvalue weighted by atomic mass is 32.2. The van der Waals surface area contributed by atoms with Crippen molar-refractivity contribution < 1.29 is 17.6 Å². The lowest BCUT2D eigenvalue weighted by Crippen LogP contribution is -2.33. The van der Waals surface area contributed by atoms with Crippen LogP contribution in [0.4, 0.5) is 10.1 Å². The molecule has 0 atom stereocenters. The summed E-state index contributed by atoms with van der Waals surface area (Å²) in [5.74, 6) is -1.24. The van der Waals surface area contributed by atoms with Gasteiger partial charge in [-0.3, -0.25) is 4.79 Å². The van der Waals surface area contributed by atoms with Crippen LogP contribution in [0.5, 0.6) is 0 Å². The molecule has 7 heteroatoms. The van der Waals surface area contributed by atoms with Gasteiger partial charge in [-0.05, 0) is 37.3 Å². The number of halogens is 1. The monoisotopic (exact) mass is 378 g/mol. The molecular weight excluding hydrogens is 355 g/mol. The molecule has 26 heavy (non-hydrogen) atoms. The number of hydrogen-bond acceptors (Lipinski definition) is 3. The molecule has 0 heterocycles. The molecule has 2 aromatic carbocycles. The van der Waals surface area contributed by atoms with Crippen molar-refractivity contribution >= 4 is 21.6 Å². The van der Waals surface area contributed by atoms with Crippen molar-refractivity contribution in [3.63, 3.8) is 0 Å². The van der Waals surface area contributed by atoms with E-state index in [2.05, 4.69) is 0 Å². The molecule has 0 aliphatic heterocycles. The smallest absolute Gasteiger partial charge is 0.258 e. The fraction of sp³-hybridized carbons (Fsp3) is 0.316. The van der Waals surface area contributed by atoms with Crippen LogP contribution < -0.4 is 4.90 Å². The Kier molecular flexibility index (Phi) is 6.50. The molecule has 0 aliphatic carbocycles. The first-order valence-corrected chi connectivity index (χ1v) is 9.97. The van der Waals surface area contributed by atoms with E-state index in [-0.39, 0.29) is 24.6 Å². The highest BCUT2D eigenvalue weighted by molar-refractivity contribution is 7.89. The lowest BCUT2D eigenvalue weighted by molar-refractivity contribution is 0.0988. The largest absolute Gasteiger partial charge is 0.309 e. The van der Waals surface area contributed by atoms with Crippen molar-refractivity contribution in [2.45, 2.75) is 25.7 Å². The van der Waals surface area contributed by atoms with Gasteiger partial charge in [-0.1, -0.05) is 32.0 Å². The second-order valence-corrected chi connectivity index (χ2v) is 7.53. The Hall–Kier alpha value is -2.25. The van der Waals surface area contributed by atoms with Crippen molar-refractivity contribution in [2.75, 3.05) is 24.5 Å². The van der Waals surface area contributed by atoms with E-state index in [9.17, 15) is 17.6 Å². The normalized spacial score (nSPS) is 11.6. The predicted octanol–water partition coefficient (Wildman–Crippen LogP) is 3.52. The second kappa shape index (κ2) is 8.42. The van der Waals surface area contributed by atoms with Gasteiger partial charge in [0.1, 0.15) is 10.7 Å². The highest BCUT2D eigenvalue weighted by Crippen LogP contribution is 2.23. The van der Waals surface area contributed by atoms with Crippen LogP contribution >= 0.6 is 0 Å². The maximum atomic E-state index is 14.2. The molecule has 0 radical (unpaired) electrons. The standard InChI is InChI=1S/C19H23FN2O3S/c1-4-21(5-2)26(24,25)18-14-15(12-13-17(18)20)19(23)22(6-3)16-10-8-7-9-11-16/h7-14H,4-6H2,1-3H3. The van der Waals surface area contributed by atoms with E-state index in [0.29, 0.717) is 12.2 Å². The summed E-state index contributed by atoms with van der Waals surface area (Å²) in [4.78, 5) is 13.9. The molecule has 0 N–H and O–H groups in total. The molecular formula is C19H23FN2O3S. The third-order valence-corrected chi connectivity index (χ3v) is 6.20. The third-order valence-electron chi connectivity index (χ3n) is 4.13. The van der Waals surface area contributed by atoms with Gasteiger partial charge < -0.3 is 4.90 Å². The molecule has 2 aromatic rings. The van der Waals surface area contributed by atoms with Crippen molar-refractivity contribution in [1.29, 1.82) is 0 Å². The van der Waals surface area contributed by atoms with Gasteiger partial charge in [0.15, 0.2) is 0 Å². The summed E-state index contributed by atoms with van der Waals surface area (Å²) in [5.41, 5.74) is 0.820. The minimum absolute atomic E-state index is 0.128. The first-order chi connectivity index (χ1) is 12.4. The minimum Gasteiger partial charge on any atom is -0.309 e. The molecule has 140 valence electrons. The van der Waals surface area contributed by atoms with E-state index < -0.39 is 20.7 Å². The summed E-state index contributed by atoms with van der Waals surface area (Å²) in [6.45, 7) is 6.04. The first-order valence-electron chi connectivity index (χ1n) is 8.53. The van der Waals surface area contributed by atoms with Gasteiger partial charge in [0.25, 0.3) is 5.91 Å². The summed E-state index contributed by atoms with van der Waals surface area (Å²) in [6.07, 6.45) is 0. The molecule has 0 fully saturated rings. The van der Waals surface area contributed by atoms with Gasteiger partial charge in [0.05, 0.1) is 0 Å². The van der Waals surface area contributed by atoms with E-state index in [1.165, 1.54) is 11.0 Å². The number of carbonyl (C=O) groups excluding carboxylic acids is 1. The number of sulfonamides is 1. The molecule has 0 aromatic heterocycles. The number of anilines is 1. The molecule has 2 rings (SSSR count). The predicted molar refractivity (Wildman–Crippen MR) is 100 cm³/mol. The maximum absolute atomic E-state index is 14.2. The van der Waals surface area contributed by atoms with Gasteiger partial charge in [-0.15, -0.1) is 0 Å². The van der Waals surface area contributed by atoms with E-state index in [4.69, 9.17) is 0 Å². The number of para-hydroxylation sites is 1. The topological polar surface area (TPSA) is 57.7 Å². The summed E-state index contributed by atoms with van der Waals surface area (Å²) in [7, 11) is -4.00. The number of hydrogen-bond donors (Lipinski definition) is 0. The summed E-state index contributed by atoms with van der Waals surface area (Å²) in [5, 5.41) is 0. The number of amides is 1. The Balaban J connectivity index is 2.47. The average Bonchev–Trinajstić information content (AvgIpc) is 2.64. The van der Waals surface area contributed by atoms with Crippen molar-refractivity contribution in [1.82, 2.24) is 4.31 Å².